The van der Waals surface area contributed by atoms with E-state index < -0.39 is 23.4 Å². The average Bonchev–Trinajstić information content (AvgIpc) is 2.65. The molecule has 3 rings (SSSR count). The first-order valence-corrected chi connectivity index (χ1v) is 8.51. The van der Waals surface area contributed by atoms with E-state index in [2.05, 4.69) is 23.8 Å². The van der Waals surface area contributed by atoms with E-state index in [9.17, 15) is 19.2 Å². The Bertz CT molecular complexity index is 1010. The Kier molecular flexibility index (Phi) is 4.79. The van der Waals surface area contributed by atoms with Crippen LogP contribution in [0.1, 0.15) is 45.7 Å². The minimum absolute atomic E-state index is 0.123. The van der Waals surface area contributed by atoms with Crippen LogP contribution in [0.3, 0.4) is 0 Å². The number of benzene rings is 2. The van der Waals surface area contributed by atoms with Gasteiger partial charge in [0.05, 0.1) is 22.5 Å². The Hall–Kier alpha value is -3.80. The summed E-state index contributed by atoms with van der Waals surface area (Å²) in [6, 6.07) is 9.32. The summed E-state index contributed by atoms with van der Waals surface area (Å²) in [6.07, 6.45) is 0. The molecule has 0 spiro atoms. The van der Waals surface area contributed by atoms with Crippen LogP contribution in [0.5, 0.6) is 0 Å². The lowest BCUT2D eigenvalue weighted by Gasteiger charge is -2.22. The standard InChI is InChI=1S/C22H18N2O4/c1-11(2)21(27)23-15-9-5-7-13-17(15)19(25)14-8-6-10-16(18(14)20(13)26)24-22(28)12(3)4/h5-10H,1,3H2,2,4H3,(H,23,27)(H,24,28). The molecule has 2 N–H and O–H groups in total. The summed E-state index contributed by atoms with van der Waals surface area (Å²) < 4.78 is 0. The van der Waals surface area contributed by atoms with Crippen LogP contribution in [0.4, 0.5) is 11.4 Å². The third kappa shape index (κ3) is 3.16. The van der Waals surface area contributed by atoms with Crippen LogP contribution < -0.4 is 10.6 Å². The summed E-state index contributed by atoms with van der Waals surface area (Å²) in [7, 11) is 0. The number of anilines is 2. The van der Waals surface area contributed by atoms with Crippen LogP contribution in [-0.4, -0.2) is 23.4 Å². The van der Waals surface area contributed by atoms with Gasteiger partial charge in [0.2, 0.25) is 0 Å². The van der Waals surface area contributed by atoms with Gasteiger partial charge in [-0.15, -0.1) is 0 Å². The fourth-order valence-electron chi connectivity index (χ4n) is 2.91. The van der Waals surface area contributed by atoms with Gasteiger partial charge >= 0.3 is 0 Å². The lowest BCUT2D eigenvalue weighted by atomic mass is 9.82. The second-order valence-electron chi connectivity index (χ2n) is 6.58. The highest BCUT2D eigenvalue weighted by Crippen LogP contribution is 2.35. The van der Waals surface area contributed by atoms with Gasteiger partial charge in [0.15, 0.2) is 11.6 Å². The molecule has 0 bridgehead atoms. The SMILES string of the molecule is C=C(C)C(=O)Nc1cccc2c1C(=O)c1cccc(NC(=O)C(=C)C)c1C2=O. The maximum absolute atomic E-state index is 13.1. The number of ketones is 2. The van der Waals surface area contributed by atoms with Crippen molar-refractivity contribution in [3.63, 3.8) is 0 Å². The second kappa shape index (κ2) is 7.08. The quantitative estimate of drug-likeness (QED) is 0.684. The molecule has 0 saturated carbocycles. The molecule has 0 aromatic heterocycles. The third-order valence-corrected chi connectivity index (χ3v) is 4.34. The molecular weight excluding hydrogens is 356 g/mol. The number of hydrogen-bond acceptors (Lipinski definition) is 4. The largest absolute Gasteiger partial charge is 0.322 e. The van der Waals surface area contributed by atoms with Crippen molar-refractivity contribution in [1.29, 1.82) is 0 Å². The highest BCUT2D eigenvalue weighted by molar-refractivity contribution is 6.32. The van der Waals surface area contributed by atoms with Crippen LogP contribution in [0.15, 0.2) is 60.7 Å². The average molecular weight is 374 g/mol. The van der Waals surface area contributed by atoms with Gasteiger partial charge in [0.25, 0.3) is 11.8 Å². The number of nitrogens with one attached hydrogen (secondary N) is 2. The second-order valence-corrected chi connectivity index (χ2v) is 6.58. The third-order valence-electron chi connectivity index (χ3n) is 4.34. The Morgan fingerprint density at radius 3 is 1.39 bits per heavy atom. The number of hydrogen-bond donors (Lipinski definition) is 2. The molecule has 0 atom stereocenters. The van der Waals surface area contributed by atoms with E-state index in [-0.39, 0.29) is 44.8 Å². The smallest absolute Gasteiger partial charge is 0.250 e. The Labute approximate surface area is 161 Å². The highest BCUT2D eigenvalue weighted by atomic mass is 16.2. The van der Waals surface area contributed by atoms with Crippen LogP contribution in [0.2, 0.25) is 0 Å². The van der Waals surface area contributed by atoms with E-state index in [1.165, 1.54) is 12.1 Å². The van der Waals surface area contributed by atoms with Crippen molar-refractivity contribution in [3.05, 3.63) is 83.0 Å². The first-order valence-electron chi connectivity index (χ1n) is 8.51. The topological polar surface area (TPSA) is 92.3 Å². The Morgan fingerprint density at radius 2 is 1.07 bits per heavy atom. The molecule has 2 aromatic rings. The zero-order valence-electron chi connectivity index (χ0n) is 15.5. The normalized spacial score (nSPS) is 11.9. The van der Waals surface area contributed by atoms with Crippen molar-refractivity contribution in [2.75, 3.05) is 10.6 Å². The van der Waals surface area contributed by atoms with E-state index in [0.29, 0.717) is 0 Å². The molecule has 28 heavy (non-hydrogen) atoms. The summed E-state index contributed by atoms with van der Waals surface area (Å²) >= 11 is 0. The van der Waals surface area contributed by atoms with Crippen molar-refractivity contribution in [2.24, 2.45) is 0 Å². The predicted octanol–water partition coefficient (Wildman–Crippen LogP) is 3.49. The zero-order chi connectivity index (χ0) is 20.6. The van der Waals surface area contributed by atoms with Gasteiger partial charge in [-0.1, -0.05) is 37.4 Å². The van der Waals surface area contributed by atoms with Crippen molar-refractivity contribution < 1.29 is 19.2 Å². The first kappa shape index (κ1) is 19.0. The molecule has 140 valence electrons. The van der Waals surface area contributed by atoms with Crippen LogP contribution in [0.25, 0.3) is 0 Å². The van der Waals surface area contributed by atoms with Crippen molar-refractivity contribution in [2.45, 2.75) is 13.8 Å². The maximum atomic E-state index is 13.1. The minimum atomic E-state index is -0.443. The van der Waals surface area contributed by atoms with Gasteiger partial charge in [0, 0.05) is 22.3 Å². The van der Waals surface area contributed by atoms with Gasteiger partial charge in [-0.05, 0) is 26.0 Å². The lowest BCUT2D eigenvalue weighted by molar-refractivity contribution is -0.113. The van der Waals surface area contributed by atoms with Crippen molar-refractivity contribution in [1.82, 2.24) is 0 Å². The number of rotatable bonds is 4. The maximum Gasteiger partial charge on any atom is 0.250 e. The van der Waals surface area contributed by atoms with Gasteiger partial charge in [-0.3, -0.25) is 19.2 Å². The van der Waals surface area contributed by atoms with Gasteiger partial charge in [-0.2, -0.15) is 0 Å². The predicted molar refractivity (Wildman–Crippen MR) is 107 cm³/mol. The molecule has 6 nitrogen and oxygen atoms in total. The molecule has 1 aliphatic rings. The molecule has 0 fully saturated rings. The fraction of sp³-hybridized carbons (Fsp3) is 0.0909. The summed E-state index contributed by atoms with van der Waals surface area (Å²) in [5, 5.41) is 5.24. The van der Waals surface area contributed by atoms with Gasteiger partial charge in [0.1, 0.15) is 0 Å². The molecule has 2 amide bonds. The van der Waals surface area contributed by atoms with Crippen LogP contribution >= 0.6 is 0 Å². The van der Waals surface area contributed by atoms with E-state index in [4.69, 9.17) is 0 Å². The molecule has 2 aromatic carbocycles. The van der Waals surface area contributed by atoms with Crippen LogP contribution in [-0.2, 0) is 9.59 Å². The summed E-state index contributed by atoms with van der Waals surface area (Å²) in [5.41, 5.74) is 1.60. The monoisotopic (exact) mass is 374 g/mol. The summed E-state index contributed by atoms with van der Waals surface area (Å²) in [5.74, 6) is -1.70. The molecule has 6 heteroatoms. The zero-order valence-corrected chi connectivity index (χ0v) is 15.5. The number of carbonyl (C=O) groups is 4. The minimum Gasteiger partial charge on any atom is -0.322 e. The van der Waals surface area contributed by atoms with Crippen molar-refractivity contribution in [3.8, 4) is 0 Å². The van der Waals surface area contributed by atoms with Gasteiger partial charge in [-0.25, -0.2) is 0 Å². The molecule has 0 saturated heterocycles. The number of amides is 2. The Morgan fingerprint density at radius 1 is 0.714 bits per heavy atom. The summed E-state index contributed by atoms with van der Waals surface area (Å²) in [6.45, 7) is 10.2. The molecule has 0 unspecified atom stereocenters. The Balaban J connectivity index is 2.13. The van der Waals surface area contributed by atoms with E-state index >= 15 is 0 Å². The van der Waals surface area contributed by atoms with E-state index in [0.717, 1.165) is 0 Å². The number of carbonyl (C=O) groups excluding carboxylic acids is 4. The van der Waals surface area contributed by atoms with E-state index in [1.807, 2.05) is 0 Å². The molecule has 0 heterocycles. The molecule has 0 radical (unpaired) electrons. The van der Waals surface area contributed by atoms with Crippen LogP contribution in [0, 0.1) is 0 Å². The number of fused-ring (bicyclic) bond motifs is 2. The van der Waals surface area contributed by atoms with Gasteiger partial charge < -0.3 is 10.6 Å². The molecule has 1 aliphatic carbocycles. The van der Waals surface area contributed by atoms with E-state index in [1.54, 1.807) is 38.1 Å². The fourth-order valence-corrected chi connectivity index (χ4v) is 2.91. The summed E-state index contributed by atoms with van der Waals surface area (Å²) in [4.78, 5) is 50.3. The van der Waals surface area contributed by atoms with Crippen molar-refractivity contribution >= 4 is 34.8 Å². The molecular formula is C22H18N2O4. The highest BCUT2D eigenvalue weighted by Gasteiger charge is 2.34. The molecule has 0 aliphatic heterocycles. The first-order chi connectivity index (χ1) is 13.2. The lowest BCUT2D eigenvalue weighted by Crippen LogP contribution is -2.26.